The minimum absolute atomic E-state index is 0.554. The minimum atomic E-state index is -0.554. The summed E-state index contributed by atoms with van der Waals surface area (Å²) in [6, 6.07) is 0.712. The van der Waals surface area contributed by atoms with Crippen LogP contribution >= 0.6 is 0 Å². The van der Waals surface area contributed by atoms with Gasteiger partial charge >= 0.3 is 0 Å². The lowest BCUT2D eigenvalue weighted by atomic mass is 10.0. The van der Waals surface area contributed by atoms with Crippen LogP contribution in [0.1, 0.15) is 64.7 Å². The van der Waals surface area contributed by atoms with Gasteiger partial charge in [-0.3, -0.25) is 4.21 Å². The molecule has 3 unspecified atom stereocenters. The van der Waals surface area contributed by atoms with E-state index in [1.807, 2.05) is 0 Å². The molecule has 2 rings (SSSR count). The predicted octanol–water partition coefficient (Wildman–Crippen LogP) is 3.48. The van der Waals surface area contributed by atoms with Gasteiger partial charge in [0.25, 0.3) is 0 Å². The van der Waals surface area contributed by atoms with E-state index >= 15 is 0 Å². The van der Waals surface area contributed by atoms with Gasteiger partial charge < -0.3 is 5.32 Å². The van der Waals surface area contributed by atoms with Crippen LogP contribution in [0, 0.1) is 11.8 Å². The molecule has 3 heteroatoms. The molecular formula is C16H31NOS. The first-order valence-electron chi connectivity index (χ1n) is 8.38. The molecule has 19 heavy (non-hydrogen) atoms. The van der Waals surface area contributed by atoms with Gasteiger partial charge in [0.05, 0.1) is 0 Å². The van der Waals surface area contributed by atoms with Crippen LogP contribution in [0.3, 0.4) is 0 Å². The van der Waals surface area contributed by atoms with Crippen LogP contribution in [-0.4, -0.2) is 28.3 Å². The fraction of sp³-hybridized carbons (Fsp3) is 1.00. The normalized spacial score (nSPS) is 29.9. The molecule has 0 bridgehead atoms. The Labute approximate surface area is 121 Å². The van der Waals surface area contributed by atoms with E-state index in [-0.39, 0.29) is 0 Å². The molecule has 2 fully saturated rings. The minimum Gasteiger partial charge on any atom is -0.314 e. The fourth-order valence-electron chi connectivity index (χ4n) is 3.79. The summed E-state index contributed by atoms with van der Waals surface area (Å²) in [5.41, 5.74) is 0. The molecule has 3 atom stereocenters. The molecule has 2 nitrogen and oxygen atoms in total. The van der Waals surface area contributed by atoms with Gasteiger partial charge in [0.15, 0.2) is 0 Å². The Morgan fingerprint density at radius 1 is 1.11 bits per heavy atom. The van der Waals surface area contributed by atoms with Crippen LogP contribution in [0.15, 0.2) is 0 Å². The largest absolute Gasteiger partial charge is 0.314 e. The number of hydrogen-bond acceptors (Lipinski definition) is 2. The summed E-state index contributed by atoms with van der Waals surface area (Å²) in [7, 11) is -0.554. The summed E-state index contributed by atoms with van der Waals surface area (Å²) < 4.78 is 12.2. The van der Waals surface area contributed by atoms with Crippen molar-refractivity contribution in [2.75, 3.05) is 18.1 Å². The first-order valence-corrected chi connectivity index (χ1v) is 9.86. The summed E-state index contributed by atoms with van der Waals surface area (Å²) in [6.07, 6.45) is 11.8. The molecule has 1 N–H and O–H groups in total. The zero-order chi connectivity index (χ0) is 13.5. The lowest BCUT2D eigenvalue weighted by molar-refractivity contribution is 0.392. The van der Waals surface area contributed by atoms with E-state index < -0.39 is 10.8 Å². The van der Waals surface area contributed by atoms with Gasteiger partial charge in [-0.05, 0) is 56.9 Å². The zero-order valence-electron chi connectivity index (χ0n) is 12.5. The highest BCUT2D eigenvalue weighted by Gasteiger charge is 2.27. The molecule has 0 amide bonds. The molecule has 2 aliphatic rings. The van der Waals surface area contributed by atoms with Crippen LogP contribution in [0.4, 0.5) is 0 Å². The third-order valence-electron chi connectivity index (χ3n) is 4.93. The molecule has 0 aromatic carbocycles. The molecule has 0 saturated heterocycles. The lowest BCUT2D eigenvalue weighted by Crippen LogP contribution is -2.33. The maximum atomic E-state index is 12.2. The summed E-state index contributed by atoms with van der Waals surface area (Å²) in [4.78, 5) is 0. The smallest absolute Gasteiger partial charge is 0.0263 e. The second-order valence-electron chi connectivity index (χ2n) is 6.50. The van der Waals surface area contributed by atoms with Crippen molar-refractivity contribution in [1.82, 2.24) is 5.32 Å². The third-order valence-corrected chi connectivity index (χ3v) is 6.46. The Morgan fingerprint density at radius 2 is 1.89 bits per heavy atom. The Bertz CT molecular complexity index is 276. The van der Waals surface area contributed by atoms with E-state index in [1.165, 1.54) is 57.8 Å². The van der Waals surface area contributed by atoms with Crippen LogP contribution in [0.2, 0.25) is 0 Å². The summed E-state index contributed by atoms with van der Waals surface area (Å²) in [6.45, 7) is 3.37. The van der Waals surface area contributed by atoms with Crippen LogP contribution in [0.25, 0.3) is 0 Å². The Morgan fingerprint density at radius 3 is 2.63 bits per heavy atom. The monoisotopic (exact) mass is 285 g/mol. The Kier molecular flexibility index (Phi) is 6.86. The highest BCUT2D eigenvalue weighted by Crippen LogP contribution is 2.29. The van der Waals surface area contributed by atoms with E-state index in [0.29, 0.717) is 6.04 Å². The highest BCUT2D eigenvalue weighted by atomic mass is 32.2. The van der Waals surface area contributed by atoms with Crippen molar-refractivity contribution >= 4 is 10.8 Å². The van der Waals surface area contributed by atoms with Gasteiger partial charge in [-0.1, -0.05) is 26.2 Å². The number of nitrogens with one attached hydrogen (secondary N) is 1. The maximum absolute atomic E-state index is 12.2. The average Bonchev–Trinajstić information content (AvgIpc) is 3.05. The number of rotatable bonds is 8. The van der Waals surface area contributed by atoms with Crippen molar-refractivity contribution in [3.05, 3.63) is 0 Å². The van der Waals surface area contributed by atoms with Crippen LogP contribution in [0.5, 0.6) is 0 Å². The lowest BCUT2D eigenvalue weighted by Gasteiger charge is -2.21. The van der Waals surface area contributed by atoms with E-state index in [2.05, 4.69) is 12.2 Å². The van der Waals surface area contributed by atoms with Gasteiger partial charge in [0, 0.05) is 28.3 Å². The van der Waals surface area contributed by atoms with Gasteiger partial charge in [-0.2, -0.15) is 0 Å². The fourth-order valence-corrected chi connectivity index (χ4v) is 5.38. The van der Waals surface area contributed by atoms with Crippen molar-refractivity contribution in [2.24, 2.45) is 11.8 Å². The summed E-state index contributed by atoms with van der Waals surface area (Å²) in [5.74, 6) is 3.50. The molecule has 2 aliphatic carbocycles. The quantitative estimate of drug-likeness (QED) is 0.740. The topological polar surface area (TPSA) is 29.1 Å². The SMILES string of the molecule is CCCNC1CCCC1CCS(=O)CC1CCCC1. The Hall–Kier alpha value is 0.110. The number of hydrogen-bond donors (Lipinski definition) is 1. The molecule has 0 aromatic heterocycles. The van der Waals surface area contributed by atoms with Crippen molar-refractivity contribution in [2.45, 2.75) is 70.8 Å². The molecule has 2 saturated carbocycles. The standard InChI is InChI=1S/C16H31NOS/c1-2-11-17-16-9-5-8-15(16)10-12-19(18)13-14-6-3-4-7-14/h14-17H,2-13H2,1H3. The van der Waals surface area contributed by atoms with Crippen molar-refractivity contribution in [3.8, 4) is 0 Å². The Balaban J connectivity index is 1.64. The highest BCUT2D eigenvalue weighted by molar-refractivity contribution is 7.84. The first-order chi connectivity index (χ1) is 9.29. The molecule has 0 aromatic rings. The van der Waals surface area contributed by atoms with Gasteiger partial charge in [-0.15, -0.1) is 0 Å². The second kappa shape index (κ2) is 8.41. The van der Waals surface area contributed by atoms with Gasteiger partial charge in [-0.25, -0.2) is 0 Å². The average molecular weight is 285 g/mol. The summed E-state index contributed by atoms with van der Waals surface area (Å²) >= 11 is 0. The molecular weight excluding hydrogens is 254 g/mol. The van der Waals surface area contributed by atoms with Gasteiger partial charge in [0.2, 0.25) is 0 Å². The van der Waals surface area contributed by atoms with Crippen molar-refractivity contribution in [1.29, 1.82) is 0 Å². The molecule has 0 radical (unpaired) electrons. The first kappa shape index (κ1) is 15.5. The van der Waals surface area contributed by atoms with Crippen molar-refractivity contribution in [3.63, 3.8) is 0 Å². The van der Waals surface area contributed by atoms with E-state index in [0.717, 1.165) is 29.9 Å². The molecule has 112 valence electrons. The second-order valence-corrected chi connectivity index (χ2v) is 8.12. The predicted molar refractivity (Wildman–Crippen MR) is 83.9 cm³/mol. The molecule has 0 heterocycles. The van der Waals surface area contributed by atoms with Crippen LogP contribution in [-0.2, 0) is 10.8 Å². The molecule has 0 spiro atoms. The van der Waals surface area contributed by atoms with Crippen molar-refractivity contribution < 1.29 is 4.21 Å². The van der Waals surface area contributed by atoms with Crippen LogP contribution < -0.4 is 5.32 Å². The van der Waals surface area contributed by atoms with E-state index in [9.17, 15) is 4.21 Å². The maximum Gasteiger partial charge on any atom is 0.0263 e. The van der Waals surface area contributed by atoms with E-state index in [1.54, 1.807) is 0 Å². The summed E-state index contributed by atoms with van der Waals surface area (Å²) in [5, 5.41) is 3.68. The zero-order valence-corrected chi connectivity index (χ0v) is 13.4. The van der Waals surface area contributed by atoms with Gasteiger partial charge in [0.1, 0.15) is 0 Å². The van der Waals surface area contributed by atoms with E-state index in [4.69, 9.17) is 0 Å². The molecule has 0 aliphatic heterocycles. The third kappa shape index (κ3) is 5.18.